The second-order valence-corrected chi connectivity index (χ2v) is 7.12. The standard InChI is InChI=1S/C17H19NO5S/c1-16(2,3)23-17(15(21)22,13-9-24-10-18-13)8-11-5-4-6-12(7-11)14(19)20/h4-7,9-10H,8H2,1-3H3,(H,19,20)(H,21,22). The van der Waals surface area contributed by atoms with Crippen molar-refractivity contribution in [1.82, 2.24) is 4.98 Å². The molecule has 0 aliphatic rings. The molecule has 0 bridgehead atoms. The molecule has 0 fully saturated rings. The van der Waals surface area contributed by atoms with Gasteiger partial charge in [0.1, 0.15) is 0 Å². The van der Waals surface area contributed by atoms with Gasteiger partial charge in [-0.25, -0.2) is 14.6 Å². The first-order valence-electron chi connectivity index (χ1n) is 7.28. The highest BCUT2D eigenvalue weighted by Gasteiger charge is 2.46. The van der Waals surface area contributed by atoms with Gasteiger partial charge in [-0.2, -0.15) is 0 Å². The summed E-state index contributed by atoms with van der Waals surface area (Å²) in [6, 6.07) is 6.19. The minimum Gasteiger partial charge on any atom is -0.479 e. The van der Waals surface area contributed by atoms with Crippen molar-refractivity contribution in [3.8, 4) is 0 Å². The molecule has 2 aromatic rings. The van der Waals surface area contributed by atoms with Gasteiger partial charge in [-0.3, -0.25) is 0 Å². The highest BCUT2D eigenvalue weighted by Crippen LogP contribution is 2.35. The number of carbonyl (C=O) groups is 2. The SMILES string of the molecule is CC(C)(C)OC(Cc1cccc(C(=O)O)c1)(C(=O)O)c1cscn1. The molecule has 128 valence electrons. The van der Waals surface area contributed by atoms with Crippen LogP contribution in [0.1, 0.15) is 42.4 Å². The van der Waals surface area contributed by atoms with E-state index in [1.54, 1.807) is 43.8 Å². The van der Waals surface area contributed by atoms with Crippen molar-refractivity contribution in [2.24, 2.45) is 0 Å². The van der Waals surface area contributed by atoms with Crippen LogP contribution in [-0.4, -0.2) is 32.7 Å². The van der Waals surface area contributed by atoms with E-state index in [1.807, 2.05) is 0 Å². The lowest BCUT2D eigenvalue weighted by Crippen LogP contribution is -2.46. The van der Waals surface area contributed by atoms with Crippen molar-refractivity contribution < 1.29 is 24.5 Å². The lowest BCUT2D eigenvalue weighted by Gasteiger charge is -2.35. The van der Waals surface area contributed by atoms with Crippen LogP contribution in [0.2, 0.25) is 0 Å². The highest BCUT2D eigenvalue weighted by atomic mass is 32.1. The molecule has 24 heavy (non-hydrogen) atoms. The summed E-state index contributed by atoms with van der Waals surface area (Å²) in [4.78, 5) is 27.4. The number of thiazole rings is 1. The molecule has 1 aromatic carbocycles. The van der Waals surface area contributed by atoms with Crippen LogP contribution < -0.4 is 0 Å². The van der Waals surface area contributed by atoms with Gasteiger partial charge in [0, 0.05) is 11.8 Å². The summed E-state index contributed by atoms with van der Waals surface area (Å²) < 4.78 is 5.93. The van der Waals surface area contributed by atoms with Crippen LogP contribution in [0.4, 0.5) is 0 Å². The van der Waals surface area contributed by atoms with Crippen molar-refractivity contribution >= 4 is 23.3 Å². The number of carboxylic acid groups (broad SMARTS) is 2. The van der Waals surface area contributed by atoms with Crippen molar-refractivity contribution in [3.05, 3.63) is 52.0 Å². The average molecular weight is 349 g/mol. The summed E-state index contributed by atoms with van der Waals surface area (Å²) in [5.41, 5.74) is 0.0835. The van der Waals surface area contributed by atoms with E-state index >= 15 is 0 Å². The first kappa shape index (κ1) is 18.1. The maximum Gasteiger partial charge on any atom is 0.342 e. The summed E-state index contributed by atoms with van der Waals surface area (Å²) in [6.07, 6.45) is -0.0234. The largest absolute Gasteiger partial charge is 0.479 e. The van der Waals surface area contributed by atoms with E-state index in [0.717, 1.165) is 0 Å². The Morgan fingerprint density at radius 1 is 1.25 bits per heavy atom. The molecule has 6 nitrogen and oxygen atoms in total. The van der Waals surface area contributed by atoms with E-state index in [1.165, 1.54) is 23.5 Å². The van der Waals surface area contributed by atoms with Gasteiger partial charge in [-0.1, -0.05) is 12.1 Å². The summed E-state index contributed by atoms with van der Waals surface area (Å²) in [7, 11) is 0. The zero-order valence-corrected chi connectivity index (χ0v) is 14.5. The van der Waals surface area contributed by atoms with Gasteiger partial charge in [-0.05, 0) is 38.5 Å². The predicted molar refractivity (Wildman–Crippen MR) is 89.4 cm³/mol. The molecule has 2 rings (SSSR count). The third kappa shape index (κ3) is 3.98. The fourth-order valence-corrected chi connectivity index (χ4v) is 3.06. The van der Waals surface area contributed by atoms with Crippen molar-refractivity contribution in [2.45, 2.75) is 38.4 Å². The third-order valence-electron chi connectivity index (χ3n) is 3.30. The minimum atomic E-state index is -1.69. The fraction of sp³-hybridized carbons (Fsp3) is 0.353. The molecule has 0 saturated heterocycles. The van der Waals surface area contributed by atoms with E-state index in [2.05, 4.69) is 4.98 Å². The Balaban J connectivity index is 2.52. The van der Waals surface area contributed by atoms with Gasteiger partial charge >= 0.3 is 11.9 Å². The Kier molecular flexibility index (Phi) is 5.05. The molecule has 1 heterocycles. The number of hydrogen-bond acceptors (Lipinski definition) is 5. The molecule has 1 atom stereocenters. The van der Waals surface area contributed by atoms with Gasteiger partial charge in [0.2, 0.25) is 5.60 Å². The Morgan fingerprint density at radius 3 is 2.46 bits per heavy atom. The zero-order chi connectivity index (χ0) is 18.0. The van der Waals surface area contributed by atoms with Crippen LogP contribution >= 0.6 is 11.3 Å². The maximum absolute atomic E-state index is 12.1. The second-order valence-electron chi connectivity index (χ2n) is 6.40. The van der Waals surface area contributed by atoms with E-state index in [9.17, 15) is 14.7 Å². The normalized spacial score (nSPS) is 14.1. The molecule has 1 unspecified atom stereocenters. The summed E-state index contributed by atoms with van der Waals surface area (Å²) in [5, 5.41) is 20.7. The number of nitrogens with zero attached hydrogens (tertiary/aromatic N) is 1. The number of benzene rings is 1. The van der Waals surface area contributed by atoms with E-state index in [0.29, 0.717) is 11.3 Å². The van der Waals surface area contributed by atoms with Gasteiger partial charge < -0.3 is 14.9 Å². The van der Waals surface area contributed by atoms with Crippen LogP contribution in [0.25, 0.3) is 0 Å². The van der Waals surface area contributed by atoms with Gasteiger partial charge in [0.25, 0.3) is 0 Å². The minimum absolute atomic E-state index is 0.0234. The second kappa shape index (κ2) is 6.70. The first-order valence-corrected chi connectivity index (χ1v) is 8.23. The monoisotopic (exact) mass is 349 g/mol. The average Bonchev–Trinajstić information content (AvgIpc) is 2.99. The Hall–Kier alpha value is -2.25. The zero-order valence-electron chi connectivity index (χ0n) is 13.6. The quantitative estimate of drug-likeness (QED) is 0.831. The molecule has 2 N–H and O–H groups in total. The molecule has 0 aliphatic carbocycles. The molecule has 1 aromatic heterocycles. The van der Waals surface area contributed by atoms with E-state index in [-0.39, 0.29) is 12.0 Å². The Labute approximate surface area is 143 Å². The van der Waals surface area contributed by atoms with Crippen LogP contribution in [0.15, 0.2) is 35.2 Å². The number of rotatable bonds is 6. The van der Waals surface area contributed by atoms with Crippen LogP contribution in [0.3, 0.4) is 0 Å². The Bertz CT molecular complexity index is 736. The smallest absolute Gasteiger partial charge is 0.342 e. The first-order chi connectivity index (χ1) is 11.1. The molecular formula is C17H19NO5S. The van der Waals surface area contributed by atoms with Crippen LogP contribution in [0.5, 0.6) is 0 Å². The molecule has 0 aliphatic heterocycles. The molecule has 7 heteroatoms. The van der Waals surface area contributed by atoms with Gasteiger partial charge in [0.15, 0.2) is 0 Å². The van der Waals surface area contributed by atoms with Gasteiger partial charge in [0.05, 0.1) is 22.4 Å². The maximum atomic E-state index is 12.1. The predicted octanol–water partition coefficient (Wildman–Crippen LogP) is 3.18. The van der Waals surface area contributed by atoms with Gasteiger partial charge in [-0.15, -0.1) is 11.3 Å². The lowest BCUT2D eigenvalue weighted by atomic mass is 9.89. The summed E-state index contributed by atoms with van der Waals surface area (Å²) in [6.45, 7) is 5.31. The highest BCUT2D eigenvalue weighted by molar-refractivity contribution is 7.07. The molecule has 0 radical (unpaired) electrons. The van der Waals surface area contributed by atoms with Crippen LogP contribution in [-0.2, 0) is 21.6 Å². The number of hydrogen-bond donors (Lipinski definition) is 2. The molecule has 0 saturated carbocycles. The number of aliphatic carboxylic acids is 1. The summed E-state index contributed by atoms with van der Waals surface area (Å²) >= 11 is 1.28. The summed E-state index contributed by atoms with van der Waals surface area (Å²) in [5.74, 6) is -2.23. The third-order valence-corrected chi connectivity index (χ3v) is 3.89. The number of aromatic carboxylic acids is 1. The molecule has 0 spiro atoms. The number of carboxylic acids is 2. The Morgan fingerprint density at radius 2 is 1.96 bits per heavy atom. The van der Waals surface area contributed by atoms with Crippen LogP contribution in [0, 0.1) is 0 Å². The van der Waals surface area contributed by atoms with Crippen molar-refractivity contribution in [3.63, 3.8) is 0 Å². The number of ether oxygens (including phenoxy) is 1. The topological polar surface area (TPSA) is 96.7 Å². The molecular weight excluding hydrogens is 330 g/mol. The van der Waals surface area contributed by atoms with E-state index < -0.39 is 23.1 Å². The fourth-order valence-electron chi connectivity index (χ4n) is 2.44. The number of aromatic nitrogens is 1. The van der Waals surface area contributed by atoms with Crippen molar-refractivity contribution in [2.75, 3.05) is 0 Å². The van der Waals surface area contributed by atoms with Crippen molar-refractivity contribution in [1.29, 1.82) is 0 Å². The van der Waals surface area contributed by atoms with E-state index in [4.69, 9.17) is 9.84 Å². The molecule has 0 amide bonds. The lowest BCUT2D eigenvalue weighted by molar-refractivity contribution is -0.188.